The fourth-order valence-electron chi connectivity index (χ4n) is 3.59. The smallest absolute Gasteiger partial charge is 0.351 e. The molecule has 0 aliphatic heterocycles. The highest BCUT2D eigenvalue weighted by Gasteiger charge is 2.32. The van der Waals surface area contributed by atoms with Crippen molar-refractivity contribution in [3.63, 3.8) is 0 Å². The second-order valence-electron chi connectivity index (χ2n) is 7.92. The molecule has 1 aromatic carbocycles. The first-order valence-electron chi connectivity index (χ1n) is 10.4. The normalized spacial score (nSPS) is 12.5. The Labute approximate surface area is 196 Å². The molecule has 13 heteroatoms. The Balaban J connectivity index is 1.48. The van der Waals surface area contributed by atoms with Gasteiger partial charge < -0.3 is 15.2 Å². The lowest BCUT2D eigenvalue weighted by atomic mass is 10.1. The highest BCUT2D eigenvalue weighted by atomic mass is 19.4. The topological polar surface area (TPSA) is 128 Å². The van der Waals surface area contributed by atoms with Gasteiger partial charge in [0.15, 0.2) is 5.65 Å². The van der Waals surface area contributed by atoms with Crippen LogP contribution in [0.1, 0.15) is 56.5 Å². The number of fused-ring (bicyclic) bond motifs is 1. The van der Waals surface area contributed by atoms with E-state index in [2.05, 4.69) is 30.9 Å². The van der Waals surface area contributed by atoms with Gasteiger partial charge in [-0.15, -0.1) is 0 Å². The van der Waals surface area contributed by atoms with Crippen LogP contribution in [0.2, 0.25) is 0 Å². The number of halogens is 3. The number of benzene rings is 1. The third-order valence-electron chi connectivity index (χ3n) is 5.35. The van der Waals surface area contributed by atoms with Gasteiger partial charge in [0.05, 0.1) is 22.7 Å². The molecule has 0 unspecified atom stereocenters. The van der Waals surface area contributed by atoms with Crippen LogP contribution in [0.15, 0.2) is 35.1 Å². The number of alkyl halides is 3. The van der Waals surface area contributed by atoms with Crippen molar-refractivity contribution in [2.24, 2.45) is 7.05 Å². The van der Waals surface area contributed by atoms with Crippen molar-refractivity contribution in [1.29, 1.82) is 0 Å². The minimum atomic E-state index is -4.55. The van der Waals surface area contributed by atoms with Crippen molar-refractivity contribution >= 4 is 28.5 Å². The van der Waals surface area contributed by atoms with Gasteiger partial charge in [-0.25, -0.2) is 9.97 Å². The van der Waals surface area contributed by atoms with Gasteiger partial charge in [-0.1, -0.05) is 11.2 Å². The van der Waals surface area contributed by atoms with E-state index in [4.69, 9.17) is 4.52 Å². The summed E-state index contributed by atoms with van der Waals surface area (Å²) in [5, 5.41) is 13.6. The van der Waals surface area contributed by atoms with Crippen LogP contribution < -0.4 is 10.6 Å². The number of nitrogens with one attached hydrogen (secondary N) is 2. The van der Waals surface area contributed by atoms with Crippen LogP contribution in [0.25, 0.3) is 11.0 Å². The summed E-state index contributed by atoms with van der Waals surface area (Å²) in [6, 6.07) is 4.08. The zero-order valence-corrected chi connectivity index (χ0v) is 19.1. The standard InChI is InChI=1S/C22H20F3N7O3/c1-10-5-6-13(7-14(10)22(23,24)25)29-20(33)16-8-15(31-35-16)11(2)28-21(34)18-17-12(3)30-32(4)19(17)27-9-26-18/h5-9,11H,1-4H3,(H,28,34)(H,29,33)/t11-/m1/s1. The van der Waals surface area contributed by atoms with Gasteiger partial charge in [0.2, 0.25) is 5.76 Å². The van der Waals surface area contributed by atoms with Gasteiger partial charge >= 0.3 is 6.18 Å². The van der Waals surface area contributed by atoms with Crippen molar-refractivity contribution in [3.05, 3.63) is 64.6 Å². The van der Waals surface area contributed by atoms with Crippen LogP contribution in [-0.4, -0.2) is 36.7 Å². The third-order valence-corrected chi connectivity index (χ3v) is 5.35. The lowest BCUT2D eigenvalue weighted by Crippen LogP contribution is -2.28. The molecular formula is C22H20F3N7O3. The maximum atomic E-state index is 13.1. The number of aromatic nitrogens is 5. The molecule has 0 spiro atoms. The van der Waals surface area contributed by atoms with Crippen LogP contribution in [0.5, 0.6) is 0 Å². The molecule has 0 fully saturated rings. The van der Waals surface area contributed by atoms with Crippen LogP contribution in [-0.2, 0) is 13.2 Å². The first-order valence-corrected chi connectivity index (χ1v) is 10.4. The van der Waals surface area contributed by atoms with E-state index >= 15 is 0 Å². The van der Waals surface area contributed by atoms with Crippen LogP contribution >= 0.6 is 0 Å². The molecule has 0 aliphatic carbocycles. The number of nitrogens with zero attached hydrogens (tertiary/aromatic N) is 5. The van der Waals surface area contributed by atoms with Crippen molar-refractivity contribution in [3.8, 4) is 0 Å². The number of hydrogen-bond donors (Lipinski definition) is 2. The number of carbonyl (C=O) groups is 2. The van der Waals surface area contributed by atoms with E-state index in [1.54, 1.807) is 25.6 Å². The zero-order valence-electron chi connectivity index (χ0n) is 19.1. The van der Waals surface area contributed by atoms with Crippen LogP contribution in [0.3, 0.4) is 0 Å². The summed E-state index contributed by atoms with van der Waals surface area (Å²) >= 11 is 0. The molecule has 0 saturated heterocycles. The molecule has 0 aliphatic rings. The number of amides is 2. The molecule has 3 aromatic heterocycles. The number of carbonyl (C=O) groups excluding carboxylic acids is 2. The SMILES string of the molecule is Cc1ccc(NC(=O)c2cc([C@@H](C)NC(=O)c3ncnc4c3c(C)nn4C)no2)cc1C(F)(F)F. The average molecular weight is 487 g/mol. The fraction of sp³-hybridized carbons (Fsp3) is 0.273. The third kappa shape index (κ3) is 4.69. The monoisotopic (exact) mass is 487 g/mol. The maximum absolute atomic E-state index is 13.1. The Kier molecular flexibility index (Phi) is 6.01. The molecule has 3 heterocycles. The quantitative estimate of drug-likeness (QED) is 0.439. The predicted octanol–water partition coefficient (Wildman–Crippen LogP) is 3.73. The Morgan fingerprint density at radius 1 is 1.11 bits per heavy atom. The summed E-state index contributed by atoms with van der Waals surface area (Å²) in [6.45, 7) is 4.69. The number of rotatable bonds is 5. The Hall–Kier alpha value is -4.29. The summed E-state index contributed by atoms with van der Waals surface area (Å²) < 4.78 is 46.0. The number of anilines is 1. The average Bonchev–Trinajstić information content (AvgIpc) is 3.39. The van der Waals surface area contributed by atoms with E-state index in [0.717, 1.165) is 6.07 Å². The van der Waals surface area contributed by atoms with Crippen LogP contribution in [0, 0.1) is 13.8 Å². The highest BCUT2D eigenvalue weighted by Crippen LogP contribution is 2.33. The molecule has 2 N–H and O–H groups in total. The van der Waals surface area contributed by atoms with Crippen molar-refractivity contribution in [1.82, 2.24) is 30.2 Å². The Bertz CT molecular complexity index is 1440. The summed E-state index contributed by atoms with van der Waals surface area (Å²) in [6.07, 6.45) is -3.29. The predicted molar refractivity (Wildman–Crippen MR) is 118 cm³/mol. The van der Waals surface area contributed by atoms with E-state index < -0.39 is 29.6 Å². The van der Waals surface area contributed by atoms with E-state index in [-0.39, 0.29) is 28.4 Å². The first-order chi connectivity index (χ1) is 16.5. The minimum Gasteiger partial charge on any atom is -0.351 e. The summed E-state index contributed by atoms with van der Waals surface area (Å²) in [5.74, 6) is -1.53. The molecule has 4 aromatic rings. The van der Waals surface area contributed by atoms with Crippen molar-refractivity contribution in [2.45, 2.75) is 33.0 Å². The Morgan fingerprint density at radius 2 is 1.86 bits per heavy atom. The Morgan fingerprint density at radius 3 is 2.57 bits per heavy atom. The largest absolute Gasteiger partial charge is 0.416 e. The molecule has 2 amide bonds. The van der Waals surface area contributed by atoms with E-state index in [1.807, 2.05) is 0 Å². The van der Waals surface area contributed by atoms with Gasteiger partial charge in [0.25, 0.3) is 11.8 Å². The maximum Gasteiger partial charge on any atom is 0.416 e. The lowest BCUT2D eigenvalue weighted by molar-refractivity contribution is -0.138. The van der Waals surface area contributed by atoms with Gasteiger partial charge in [-0.3, -0.25) is 14.3 Å². The van der Waals surface area contributed by atoms with E-state index in [0.29, 0.717) is 16.7 Å². The molecule has 182 valence electrons. The molecule has 10 nitrogen and oxygen atoms in total. The van der Waals surface area contributed by atoms with E-state index in [1.165, 1.54) is 31.5 Å². The van der Waals surface area contributed by atoms with Gasteiger partial charge in [-0.05, 0) is 38.5 Å². The summed E-state index contributed by atoms with van der Waals surface area (Å²) in [7, 11) is 1.70. The molecule has 0 radical (unpaired) electrons. The van der Waals surface area contributed by atoms with Gasteiger partial charge in [-0.2, -0.15) is 18.3 Å². The van der Waals surface area contributed by atoms with Crippen molar-refractivity contribution in [2.75, 3.05) is 5.32 Å². The second-order valence-corrected chi connectivity index (χ2v) is 7.92. The minimum absolute atomic E-state index is 0.0319. The van der Waals surface area contributed by atoms with Gasteiger partial charge in [0, 0.05) is 18.8 Å². The molecule has 0 saturated carbocycles. The first kappa shape index (κ1) is 23.9. The van der Waals surface area contributed by atoms with E-state index in [9.17, 15) is 22.8 Å². The fourth-order valence-corrected chi connectivity index (χ4v) is 3.59. The lowest BCUT2D eigenvalue weighted by Gasteiger charge is -2.12. The number of hydrogen-bond acceptors (Lipinski definition) is 7. The zero-order chi connectivity index (χ0) is 25.5. The van der Waals surface area contributed by atoms with Gasteiger partial charge in [0.1, 0.15) is 17.7 Å². The second kappa shape index (κ2) is 8.81. The summed E-state index contributed by atoms with van der Waals surface area (Å²) in [4.78, 5) is 33.6. The summed E-state index contributed by atoms with van der Waals surface area (Å²) in [5.41, 5.74) is 0.584. The molecule has 1 atom stereocenters. The molecule has 0 bridgehead atoms. The number of aryl methyl sites for hydroxylation is 3. The molecular weight excluding hydrogens is 467 g/mol. The highest BCUT2D eigenvalue weighted by molar-refractivity contribution is 6.04. The van der Waals surface area contributed by atoms with Crippen molar-refractivity contribution < 1.29 is 27.3 Å². The molecule has 4 rings (SSSR count). The molecule has 35 heavy (non-hydrogen) atoms. The van der Waals surface area contributed by atoms with Crippen LogP contribution in [0.4, 0.5) is 18.9 Å².